The normalized spacial score (nSPS) is 10.4. The number of nitrogens with zero attached hydrogens (tertiary/aromatic N) is 10. The summed E-state index contributed by atoms with van der Waals surface area (Å²) in [7, 11) is 0. The topological polar surface area (TPSA) is 140 Å². The van der Waals surface area contributed by atoms with Gasteiger partial charge in [0, 0.05) is 59.3 Å². The Bertz CT molecular complexity index is 4370. The molecule has 0 saturated heterocycles. The van der Waals surface area contributed by atoms with Crippen LogP contribution in [0.25, 0.3) is 20.4 Å². The third-order valence-electron chi connectivity index (χ3n) is 11.9. The molecule has 0 fully saturated rings. The van der Waals surface area contributed by atoms with Gasteiger partial charge in [0.15, 0.2) is 11.8 Å². The average Bonchev–Trinajstić information content (AvgIpc) is 1.68. The van der Waals surface area contributed by atoms with Crippen LogP contribution in [0.3, 0.4) is 0 Å². The monoisotopic (exact) mass is 1610 g/mol. The van der Waals surface area contributed by atoms with Gasteiger partial charge in [-0.05, 0) is 65.0 Å². The van der Waals surface area contributed by atoms with E-state index in [9.17, 15) is 22.0 Å². The van der Waals surface area contributed by atoms with Crippen LogP contribution >= 0.6 is 130 Å². The van der Waals surface area contributed by atoms with E-state index in [0.717, 1.165) is 89.6 Å². The Hall–Kier alpha value is -6.22. The Morgan fingerprint density at radius 3 is 1.17 bits per heavy atom. The van der Waals surface area contributed by atoms with Crippen LogP contribution in [0, 0.1) is 70.1 Å². The summed E-state index contributed by atoms with van der Waals surface area (Å²) in [6, 6.07) is 12.5. The predicted octanol–water partition coefficient (Wildman–Crippen LogP) is 25.6. The molecule has 9 heterocycles. The number of fused-ring (bicyclic) bond motifs is 2. The molecule has 26 heteroatoms. The van der Waals surface area contributed by atoms with Gasteiger partial charge in [-0.15, -0.1) is 103 Å². The molecule has 11 rings (SSSR count). The zero-order chi connectivity index (χ0) is 74.8. The van der Waals surface area contributed by atoms with Gasteiger partial charge in [0.05, 0.1) is 144 Å². The molecule has 10 nitrogen and oxygen atoms in total. The van der Waals surface area contributed by atoms with Crippen molar-refractivity contribution in [2.75, 3.05) is 6.67 Å². The van der Waals surface area contributed by atoms with Crippen molar-refractivity contribution in [2.24, 2.45) is 0 Å². The molecule has 0 unspecified atom stereocenters. The maximum absolute atomic E-state index is 12.8. The van der Waals surface area contributed by atoms with E-state index in [0.29, 0.717) is 63.7 Å². The van der Waals surface area contributed by atoms with Gasteiger partial charge in [-0.1, -0.05) is 171 Å². The minimum Gasteiger partial charge on any atom is -0.248 e. The molecule has 0 saturated carbocycles. The van der Waals surface area contributed by atoms with E-state index < -0.39 is 13.1 Å². The number of benzene rings is 2. The Labute approximate surface area is 637 Å². The summed E-state index contributed by atoms with van der Waals surface area (Å²) in [5, 5.41) is 18.2. The summed E-state index contributed by atoms with van der Waals surface area (Å²) in [6.45, 7) is 38.8. The Morgan fingerprint density at radius 2 is 0.840 bits per heavy atom. The highest BCUT2D eigenvalue weighted by molar-refractivity contribution is 9.11. The van der Waals surface area contributed by atoms with Gasteiger partial charge < -0.3 is 0 Å². The van der Waals surface area contributed by atoms with E-state index in [1.807, 2.05) is 65.2 Å². The van der Waals surface area contributed by atoms with Crippen LogP contribution in [0.1, 0.15) is 255 Å². The summed E-state index contributed by atoms with van der Waals surface area (Å²) in [6.07, 6.45) is 14.3. The zero-order valence-electron chi connectivity index (χ0n) is 59.4. The molecule has 0 bridgehead atoms. The quantitative estimate of drug-likeness (QED) is 0.101. The first-order valence-corrected chi connectivity index (χ1v) is 40.1. The van der Waals surface area contributed by atoms with Crippen LogP contribution < -0.4 is 0 Å². The summed E-state index contributed by atoms with van der Waals surface area (Å²) in [5.74, 6) is 21.5. The molecule has 532 valence electrons. The molecule has 0 amide bonds. The number of hydrogen-bond donors (Lipinski definition) is 0. The fraction of sp³-hybridized carbons (Fsp3) is 0.405. The van der Waals surface area contributed by atoms with E-state index in [-0.39, 0.29) is 10.9 Å². The highest BCUT2D eigenvalue weighted by Gasteiger charge is 2.12. The fourth-order valence-electron chi connectivity index (χ4n) is 6.86. The Kier molecular flexibility index (Phi) is 40.8. The number of rotatable bonds is 9. The third kappa shape index (κ3) is 33.3. The average molecular weight is 1610 g/mol. The minimum absolute atomic E-state index is 0.196. The Morgan fingerprint density at radius 1 is 0.460 bits per heavy atom. The standard InChI is InChI=1S/C11H10N2S.C10H10FNS.C9H9F2NS.C9H10FNS.C9H11NS.C8H9NS.C6H8BrNS.C6H8ClNS.C6H8FNS/c1-7(2)11-13-9-5-8(6-12)3-4-10(9)14-11;1-6(2)10-12-8-5-7(11)3-4-9(8)13-10;1-6(2)9-12-5-7(13-9)3-4-8(10)11;1-7(2)9-11-6-8(12-9)4-3-5-10;1-4-5-8-6-10-9(11-8)7(2)3;1-4-7-5-9-8(10-7)6(2)3;3*1-4(2)6-8-3-5(7)9-6/h3-5,7H,1-2H3;3-6H,1-2H3;5-6,8H,1-2H3;6-7H,5H2,1-2H3;6-7H,1-3H3;1,5-6H,2-3H3;3*3-4H,1-2H3. The van der Waals surface area contributed by atoms with Crippen LogP contribution in [0.4, 0.5) is 22.0 Å². The summed E-state index contributed by atoms with van der Waals surface area (Å²) >= 11 is 22.9. The molecule has 11 aromatic rings. The van der Waals surface area contributed by atoms with Crippen molar-refractivity contribution in [3.05, 3.63) is 169 Å². The molecule has 0 aliphatic heterocycles. The van der Waals surface area contributed by atoms with Crippen molar-refractivity contribution in [3.8, 4) is 53.9 Å². The molecule has 0 aliphatic rings. The minimum atomic E-state index is -2.57. The zero-order valence-corrected chi connectivity index (χ0v) is 69.0. The molecule has 0 aliphatic carbocycles. The highest BCUT2D eigenvalue weighted by atomic mass is 79.9. The first-order valence-electron chi connectivity index (χ1n) is 31.5. The van der Waals surface area contributed by atoms with Gasteiger partial charge in [0.2, 0.25) is 0 Å². The first-order chi connectivity index (χ1) is 47.3. The van der Waals surface area contributed by atoms with Crippen molar-refractivity contribution < 1.29 is 22.0 Å². The largest absolute Gasteiger partial charge is 0.299 e. The third-order valence-corrected chi connectivity index (χ3v) is 23.7. The van der Waals surface area contributed by atoms with Crippen molar-refractivity contribution in [1.82, 2.24) is 44.9 Å². The van der Waals surface area contributed by atoms with Crippen molar-refractivity contribution in [3.63, 3.8) is 0 Å². The highest BCUT2D eigenvalue weighted by Crippen LogP contribution is 2.31. The van der Waals surface area contributed by atoms with Gasteiger partial charge in [0.1, 0.15) is 10.2 Å². The number of aromatic nitrogens is 9. The Balaban J connectivity index is 0.000000294. The molecular weight excluding hydrogens is 1530 g/mol. The van der Waals surface area contributed by atoms with Crippen molar-refractivity contribution in [2.45, 2.75) is 191 Å². The van der Waals surface area contributed by atoms with Crippen LogP contribution in [0.2, 0.25) is 4.34 Å². The maximum atomic E-state index is 12.8. The van der Waals surface area contributed by atoms with Crippen LogP contribution in [-0.2, 0) is 0 Å². The lowest BCUT2D eigenvalue weighted by atomic mass is 10.2. The molecule has 0 atom stereocenters. The van der Waals surface area contributed by atoms with Crippen LogP contribution in [-0.4, -0.2) is 58.0 Å². The summed E-state index contributed by atoms with van der Waals surface area (Å²) < 4.78 is 64.2. The van der Waals surface area contributed by atoms with Gasteiger partial charge in [-0.25, -0.2) is 53.6 Å². The number of nitriles is 1. The van der Waals surface area contributed by atoms with Crippen LogP contribution in [0.5, 0.6) is 0 Å². The van der Waals surface area contributed by atoms with E-state index in [1.165, 1.54) is 57.2 Å². The predicted molar refractivity (Wildman–Crippen MR) is 424 cm³/mol. The number of thiazole rings is 9. The summed E-state index contributed by atoms with van der Waals surface area (Å²) in [4.78, 5) is 41.1. The SMILES string of the molecule is C#Cc1cnc(C(C)C)s1.CC#Cc1cnc(C(C)C)s1.CC(C)c1nc2cc(C#N)ccc2s1.CC(C)c1nc2cc(F)ccc2s1.CC(C)c1ncc(Br)s1.CC(C)c1ncc(C#CC(F)F)s1.CC(C)c1ncc(C#CCF)s1.CC(C)c1ncc(Cl)s1.CC(C)c1ncc(F)s1. The van der Waals surface area contributed by atoms with Crippen LogP contribution in [0.15, 0.2) is 83.6 Å². The van der Waals surface area contributed by atoms with Gasteiger partial charge in [0.25, 0.3) is 6.43 Å². The number of halogens is 7. The van der Waals surface area contributed by atoms with E-state index >= 15 is 0 Å². The fourth-order valence-corrected chi connectivity index (χ4v) is 14.7. The maximum Gasteiger partial charge on any atom is 0.299 e. The second-order valence-corrected chi connectivity index (χ2v) is 35.2. The van der Waals surface area contributed by atoms with Gasteiger partial charge in [-0.2, -0.15) is 18.4 Å². The van der Waals surface area contributed by atoms with E-state index in [4.69, 9.17) is 23.3 Å². The second-order valence-electron chi connectivity index (χ2n) is 23.7. The molecule has 2 aromatic carbocycles. The number of terminal acetylenes is 1. The second kappa shape index (κ2) is 46.4. The van der Waals surface area contributed by atoms with E-state index in [2.05, 4.69) is 199 Å². The van der Waals surface area contributed by atoms with Gasteiger partial charge >= 0.3 is 0 Å². The molecule has 9 aromatic heterocycles. The van der Waals surface area contributed by atoms with Crippen molar-refractivity contribution >= 4 is 150 Å². The molecular formula is C74H83BrClF5N10S9. The van der Waals surface area contributed by atoms with E-state index in [1.54, 1.807) is 98.6 Å². The van der Waals surface area contributed by atoms with Crippen molar-refractivity contribution in [1.29, 1.82) is 5.26 Å². The number of hydrogen-bond acceptors (Lipinski definition) is 19. The lowest BCUT2D eigenvalue weighted by Gasteiger charge is -1.94. The molecule has 0 N–H and O–H groups in total. The molecule has 100 heavy (non-hydrogen) atoms. The van der Waals surface area contributed by atoms with Gasteiger partial charge in [-0.3, -0.25) is 0 Å². The summed E-state index contributed by atoms with van der Waals surface area (Å²) in [5.41, 5.74) is 2.39. The smallest absolute Gasteiger partial charge is 0.248 e. The molecule has 0 radical (unpaired) electrons. The lowest BCUT2D eigenvalue weighted by Crippen LogP contribution is -1.83. The number of alkyl halides is 3. The lowest BCUT2D eigenvalue weighted by molar-refractivity contribution is 0.215. The first kappa shape index (κ1) is 88.0. The molecule has 0 spiro atoms.